The van der Waals surface area contributed by atoms with Crippen molar-refractivity contribution < 1.29 is 14.3 Å². The number of piperazine rings is 1. The number of unbranched alkanes of at least 4 members (excludes halogenated alkanes) is 1. The summed E-state index contributed by atoms with van der Waals surface area (Å²) in [6.07, 6.45) is 2.04. The zero-order valence-electron chi connectivity index (χ0n) is 20.2. The van der Waals surface area contributed by atoms with E-state index in [0.29, 0.717) is 22.5 Å². The predicted molar refractivity (Wildman–Crippen MR) is 142 cm³/mol. The average molecular weight is 516 g/mol. The number of hydrogen-bond donors (Lipinski definition) is 0. The zero-order chi connectivity index (χ0) is 24.8. The number of nitrogens with zero attached hydrogens (tertiary/aromatic N) is 3. The van der Waals surface area contributed by atoms with E-state index in [9.17, 15) is 4.79 Å². The normalized spacial score (nSPS) is 14.5. The van der Waals surface area contributed by atoms with E-state index >= 15 is 0 Å². The Bertz CT molecular complexity index is 1160. The molecular weight excluding hydrogens is 485 g/mol. The van der Waals surface area contributed by atoms with Crippen LogP contribution in [-0.2, 0) is 4.79 Å². The van der Waals surface area contributed by atoms with Crippen molar-refractivity contribution in [2.75, 3.05) is 44.2 Å². The van der Waals surface area contributed by atoms with Gasteiger partial charge in [0.25, 0.3) is 0 Å². The van der Waals surface area contributed by atoms with Gasteiger partial charge in [0.05, 0.1) is 33.8 Å². The maximum Gasteiger partial charge on any atom is 0.315 e. The topological polar surface area (TPSA) is 54.9 Å². The van der Waals surface area contributed by atoms with Crippen LogP contribution >= 0.6 is 23.2 Å². The number of aromatic nitrogens is 1. The molecule has 1 aliphatic heterocycles. The Morgan fingerprint density at radius 2 is 1.80 bits per heavy atom. The predicted octanol–water partition coefficient (Wildman–Crippen LogP) is 6.08. The first-order chi connectivity index (χ1) is 16.9. The summed E-state index contributed by atoms with van der Waals surface area (Å²) in [6, 6.07) is 15.2. The molecule has 2 aromatic carbocycles. The molecule has 1 saturated heterocycles. The quantitative estimate of drug-likeness (QED) is 0.254. The zero-order valence-corrected chi connectivity index (χ0v) is 21.7. The first-order valence-electron chi connectivity index (χ1n) is 12.1. The molecule has 3 aromatic rings. The molecule has 0 unspecified atom stereocenters. The molecule has 0 spiro atoms. The molecule has 1 aromatic heterocycles. The van der Waals surface area contributed by atoms with Crippen molar-refractivity contribution >= 4 is 45.8 Å². The number of halogens is 2. The Morgan fingerprint density at radius 3 is 2.57 bits per heavy atom. The van der Waals surface area contributed by atoms with Gasteiger partial charge in [-0.3, -0.25) is 9.69 Å². The van der Waals surface area contributed by atoms with E-state index in [4.69, 9.17) is 32.7 Å². The summed E-state index contributed by atoms with van der Waals surface area (Å²) in [5.41, 5.74) is 1.76. The van der Waals surface area contributed by atoms with E-state index in [1.54, 1.807) is 19.9 Å². The third-order valence-corrected chi connectivity index (χ3v) is 6.91. The Hall–Kier alpha value is -2.54. The van der Waals surface area contributed by atoms with Crippen molar-refractivity contribution in [3.8, 4) is 11.6 Å². The first-order valence-corrected chi connectivity index (χ1v) is 12.8. The van der Waals surface area contributed by atoms with E-state index in [1.807, 2.05) is 42.5 Å². The maximum absolute atomic E-state index is 11.8. The van der Waals surface area contributed by atoms with Crippen LogP contribution in [0, 0.1) is 5.92 Å². The molecular formula is C27H31Cl2N3O3. The lowest BCUT2D eigenvalue weighted by molar-refractivity contribution is -0.138. The summed E-state index contributed by atoms with van der Waals surface area (Å²) in [5.74, 6) is 0.585. The van der Waals surface area contributed by atoms with Gasteiger partial charge in [0.15, 0.2) is 0 Å². The van der Waals surface area contributed by atoms with E-state index in [0.717, 1.165) is 67.9 Å². The van der Waals surface area contributed by atoms with Crippen molar-refractivity contribution in [3.05, 3.63) is 58.6 Å². The molecule has 1 aliphatic rings. The minimum atomic E-state index is -0.293. The van der Waals surface area contributed by atoms with Crippen LogP contribution in [0.25, 0.3) is 10.9 Å². The molecule has 4 rings (SSSR count). The fraction of sp³-hybridized carbons (Fsp3) is 0.407. The number of hydrogen-bond acceptors (Lipinski definition) is 6. The highest BCUT2D eigenvalue weighted by Crippen LogP contribution is 2.33. The molecule has 0 atom stereocenters. The van der Waals surface area contributed by atoms with Crippen LogP contribution in [0.4, 0.5) is 5.69 Å². The Kier molecular flexibility index (Phi) is 8.71. The van der Waals surface area contributed by atoms with Crippen molar-refractivity contribution in [2.24, 2.45) is 5.92 Å². The fourth-order valence-electron chi connectivity index (χ4n) is 4.02. The van der Waals surface area contributed by atoms with Gasteiger partial charge in [0, 0.05) is 43.7 Å². The molecule has 0 saturated carbocycles. The number of benzene rings is 2. The van der Waals surface area contributed by atoms with Crippen LogP contribution in [0.2, 0.25) is 10.0 Å². The fourth-order valence-corrected chi connectivity index (χ4v) is 4.44. The largest absolute Gasteiger partial charge is 0.494 e. The third kappa shape index (κ3) is 6.78. The van der Waals surface area contributed by atoms with Gasteiger partial charge in [0.2, 0.25) is 5.88 Å². The molecule has 35 heavy (non-hydrogen) atoms. The molecule has 0 bridgehead atoms. The molecule has 0 amide bonds. The summed E-state index contributed by atoms with van der Waals surface area (Å²) in [6.45, 7) is 9.17. The van der Waals surface area contributed by atoms with Gasteiger partial charge in [-0.15, -0.1) is 0 Å². The summed E-state index contributed by atoms with van der Waals surface area (Å²) in [4.78, 5) is 21.1. The lowest BCUT2D eigenvalue weighted by atomic mass is 10.2. The van der Waals surface area contributed by atoms with Crippen LogP contribution in [-0.4, -0.2) is 55.2 Å². The second-order valence-electron chi connectivity index (χ2n) is 9.04. The van der Waals surface area contributed by atoms with Crippen LogP contribution in [0.3, 0.4) is 0 Å². The SMILES string of the molecule is CC(C)C(=O)Oc1ccc2ccc(OCCCCN3CCN(c4cccc(Cl)c4Cl)CC3)cc2n1. The number of pyridine rings is 1. The standard InChI is InChI=1S/C27H31Cl2N3O3/c1-19(2)27(33)35-25-11-9-20-8-10-21(18-23(20)30-25)34-17-4-3-12-31-13-15-32(16-14-31)24-7-5-6-22(28)26(24)29/h5-11,18-19H,3-4,12-17H2,1-2H3. The highest BCUT2D eigenvalue weighted by molar-refractivity contribution is 6.43. The number of anilines is 1. The van der Waals surface area contributed by atoms with Crippen molar-refractivity contribution in [3.63, 3.8) is 0 Å². The summed E-state index contributed by atoms with van der Waals surface area (Å²) >= 11 is 12.5. The molecule has 2 heterocycles. The van der Waals surface area contributed by atoms with Gasteiger partial charge < -0.3 is 14.4 Å². The van der Waals surface area contributed by atoms with Crippen LogP contribution in [0.5, 0.6) is 11.6 Å². The Morgan fingerprint density at radius 1 is 1.03 bits per heavy atom. The van der Waals surface area contributed by atoms with E-state index in [-0.39, 0.29) is 11.9 Å². The van der Waals surface area contributed by atoms with Crippen LogP contribution in [0.15, 0.2) is 48.5 Å². The minimum absolute atomic E-state index is 0.201. The molecule has 8 heteroatoms. The van der Waals surface area contributed by atoms with Gasteiger partial charge in [-0.25, -0.2) is 4.98 Å². The minimum Gasteiger partial charge on any atom is -0.494 e. The highest BCUT2D eigenvalue weighted by Gasteiger charge is 2.19. The van der Waals surface area contributed by atoms with Crippen LogP contribution < -0.4 is 14.4 Å². The number of carbonyl (C=O) groups excluding carboxylic acids is 1. The van der Waals surface area contributed by atoms with E-state index in [2.05, 4.69) is 14.8 Å². The molecule has 186 valence electrons. The van der Waals surface area contributed by atoms with Crippen LogP contribution in [0.1, 0.15) is 26.7 Å². The van der Waals surface area contributed by atoms with Gasteiger partial charge in [-0.2, -0.15) is 0 Å². The summed E-state index contributed by atoms with van der Waals surface area (Å²) in [5, 5.41) is 2.21. The van der Waals surface area contributed by atoms with Crippen molar-refractivity contribution in [2.45, 2.75) is 26.7 Å². The summed E-state index contributed by atoms with van der Waals surface area (Å²) < 4.78 is 11.3. The highest BCUT2D eigenvalue weighted by atomic mass is 35.5. The van der Waals surface area contributed by atoms with Gasteiger partial charge in [-0.05, 0) is 49.7 Å². The first kappa shape index (κ1) is 25.5. The smallest absolute Gasteiger partial charge is 0.315 e. The molecule has 1 fully saturated rings. The number of esters is 1. The monoisotopic (exact) mass is 515 g/mol. The lowest BCUT2D eigenvalue weighted by Gasteiger charge is -2.36. The van der Waals surface area contributed by atoms with Crippen molar-refractivity contribution in [1.29, 1.82) is 0 Å². The van der Waals surface area contributed by atoms with E-state index in [1.165, 1.54) is 0 Å². The Labute approximate surface area is 216 Å². The average Bonchev–Trinajstić information content (AvgIpc) is 2.85. The van der Waals surface area contributed by atoms with Crippen molar-refractivity contribution in [1.82, 2.24) is 9.88 Å². The lowest BCUT2D eigenvalue weighted by Crippen LogP contribution is -2.46. The van der Waals surface area contributed by atoms with Gasteiger partial charge >= 0.3 is 5.97 Å². The molecule has 6 nitrogen and oxygen atoms in total. The number of fused-ring (bicyclic) bond motifs is 1. The summed E-state index contributed by atoms with van der Waals surface area (Å²) in [7, 11) is 0. The second-order valence-corrected chi connectivity index (χ2v) is 9.82. The number of ether oxygens (including phenoxy) is 2. The Balaban J connectivity index is 1.19. The third-order valence-electron chi connectivity index (χ3n) is 6.10. The number of rotatable bonds is 9. The van der Waals surface area contributed by atoms with Gasteiger partial charge in [-0.1, -0.05) is 43.1 Å². The second kappa shape index (κ2) is 11.9. The molecule has 0 radical (unpaired) electrons. The maximum atomic E-state index is 11.8. The number of carbonyl (C=O) groups is 1. The van der Waals surface area contributed by atoms with E-state index < -0.39 is 0 Å². The molecule has 0 aliphatic carbocycles. The van der Waals surface area contributed by atoms with Gasteiger partial charge in [0.1, 0.15) is 5.75 Å². The molecule has 0 N–H and O–H groups in total.